The van der Waals surface area contributed by atoms with Gasteiger partial charge in [-0.15, -0.1) is 0 Å². The van der Waals surface area contributed by atoms with Crippen LogP contribution in [-0.4, -0.2) is 10.1 Å². The first-order valence-corrected chi connectivity index (χ1v) is 6.69. The molecular formula is C13H9BrClNOS. The van der Waals surface area contributed by atoms with Gasteiger partial charge >= 0.3 is 0 Å². The quantitative estimate of drug-likeness (QED) is 0.783. The molecule has 18 heavy (non-hydrogen) atoms. The molecule has 2 rings (SSSR count). The fourth-order valence-electron chi connectivity index (χ4n) is 1.42. The minimum Gasteiger partial charge on any atom is -0.507 e. The van der Waals surface area contributed by atoms with E-state index in [1.54, 1.807) is 12.1 Å². The molecule has 0 bridgehead atoms. The lowest BCUT2D eigenvalue weighted by Gasteiger charge is -2.10. The van der Waals surface area contributed by atoms with Gasteiger partial charge in [-0.25, -0.2) is 0 Å². The Hall–Kier alpha value is -1.10. The SMILES string of the molecule is Oc1ccc(Cl)cc1C(=S)Nc1ccc(Br)cc1. The predicted octanol–water partition coefficient (Wildman–Crippen LogP) is 4.60. The largest absolute Gasteiger partial charge is 0.507 e. The molecule has 0 spiro atoms. The van der Waals surface area contributed by atoms with Crippen LogP contribution in [0.2, 0.25) is 5.02 Å². The molecule has 0 atom stereocenters. The van der Waals surface area contributed by atoms with E-state index in [9.17, 15) is 5.11 Å². The normalized spacial score (nSPS) is 10.1. The van der Waals surface area contributed by atoms with Crippen LogP contribution in [0.25, 0.3) is 0 Å². The summed E-state index contributed by atoms with van der Waals surface area (Å²) in [5.74, 6) is 0.106. The molecule has 0 aliphatic carbocycles. The number of halogens is 2. The van der Waals surface area contributed by atoms with Crippen molar-refractivity contribution in [3.8, 4) is 5.75 Å². The van der Waals surface area contributed by atoms with E-state index >= 15 is 0 Å². The first-order chi connectivity index (χ1) is 8.56. The predicted molar refractivity (Wildman–Crippen MR) is 82.6 cm³/mol. The monoisotopic (exact) mass is 341 g/mol. The molecule has 0 aliphatic heterocycles. The summed E-state index contributed by atoms with van der Waals surface area (Å²) in [5, 5.41) is 13.3. The smallest absolute Gasteiger partial charge is 0.125 e. The Morgan fingerprint density at radius 3 is 2.50 bits per heavy atom. The molecule has 0 aromatic heterocycles. The summed E-state index contributed by atoms with van der Waals surface area (Å²) in [4.78, 5) is 0.428. The zero-order valence-corrected chi connectivity index (χ0v) is 12.3. The Bertz CT molecular complexity index is 586. The molecule has 92 valence electrons. The number of phenolic OH excluding ortho intramolecular Hbond substituents is 1. The Morgan fingerprint density at radius 1 is 1.17 bits per heavy atom. The number of benzene rings is 2. The second-order valence-electron chi connectivity index (χ2n) is 3.62. The van der Waals surface area contributed by atoms with Crippen LogP contribution < -0.4 is 5.32 Å². The van der Waals surface area contributed by atoms with Crippen LogP contribution >= 0.6 is 39.7 Å². The lowest BCUT2D eigenvalue weighted by atomic mass is 10.2. The van der Waals surface area contributed by atoms with E-state index in [-0.39, 0.29) is 5.75 Å². The molecule has 5 heteroatoms. The summed E-state index contributed by atoms with van der Waals surface area (Å²) < 4.78 is 0.990. The third kappa shape index (κ3) is 3.22. The summed E-state index contributed by atoms with van der Waals surface area (Å²) in [6.45, 7) is 0. The number of hydrogen-bond acceptors (Lipinski definition) is 2. The number of nitrogens with one attached hydrogen (secondary N) is 1. The molecule has 0 heterocycles. The van der Waals surface area contributed by atoms with Crippen LogP contribution in [0.1, 0.15) is 5.56 Å². The molecule has 0 saturated heterocycles. The van der Waals surface area contributed by atoms with E-state index in [2.05, 4.69) is 21.2 Å². The topological polar surface area (TPSA) is 32.3 Å². The van der Waals surface area contributed by atoms with Gasteiger partial charge in [0.2, 0.25) is 0 Å². The summed E-state index contributed by atoms with van der Waals surface area (Å²) >= 11 is 14.5. The van der Waals surface area contributed by atoms with Crippen molar-refractivity contribution in [3.05, 3.63) is 57.5 Å². The van der Waals surface area contributed by atoms with Gasteiger partial charge in [0.15, 0.2) is 0 Å². The molecule has 0 unspecified atom stereocenters. The Labute approximate surface area is 124 Å². The highest BCUT2D eigenvalue weighted by Crippen LogP contribution is 2.23. The van der Waals surface area contributed by atoms with E-state index in [0.29, 0.717) is 15.6 Å². The summed E-state index contributed by atoms with van der Waals surface area (Å²) in [6, 6.07) is 12.3. The van der Waals surface area contributed by atoms with Crippen molar-refractivity contribution in [2.75, 3.05) is 5.32 Å². The molecule has 2 aromatic rings. The van der Waals surface area contributed by atoms with Gasteiger partial charge in [0, 0.05) is 15.2 Å². The van der Waals surface area contributed by atoms with Crippen molar-refractivity contribution in [1.29, 1.82) is 0 Å². The average Bonchev–Trinajstić information content (AvgIpc) is 2.35. The second-order valence-corrected chi connectivity index (χ2v) is 5.38. The van der Waals surface area contributed by atoms with Gasteiger partial charge in [-0.2, -0.15) is 0 Å². The molecule has 2 N–H and O–H groups in total. The molecule has 0 fully saturated rings. The number of anilines is 1. The van der Waals surface area contributed by atoms with Crippen LogP contribution in [0.3, 0.4) is 0 Å². The Kier molecular flexibility index (Phi) is 4.22. The zero-order valence-electron chi connectivity index (χ0n) is 9.15. The fraction of sp³-hybridized carbons (Fsp3) is 0. The van der Waals surface area contributed by atoms with Gasteiger partial charge in [0.05, 0.1) is 5.56 Å². The van der Waals surface area contributed by atoms with Gasteiger partial charge in [0.25, 0.3) is 0 Å². The minimum absolute atomic E-state index is 0.106. The first-order valence-electron chi connectivity index (χ1n) is 5.12. The summed E-state index contributed by atoms with van der Waals surface area (Å²) in [6.07, 6.45) is 0. The molecule has 0 saturated carbocycles. The van der Waals surface area contributed by atoms with Crippen molar-refractivity contribution in [2.24, 2.45) is 0 Å². The maximum atomic E-state index is 9.73. The van der Waals surface area contributed by atoms with Crippen molar-refractivity contribution >= 4 is 50.4 Å². The van der Waals surface area contributed by atoms with E-state index < -0.39 is 0 Å². The van der Waals surface area contributed by atoms with Crippen molar-refractivity contribution in [1.82, 2.24) is 0 Å². The zero-order chi connectivity index (χ0) is 13.1. The average molecular weight is 343 g/mol. The van der Waals surface area contributed by atoms with Crippen LogP contribution in [0.4, 0.5) is 5.69 Å². The number of phenols is 1. The third-order valence-electron chi connectivity index (χ3n) is 2.31. The van der Waals surface area contributed by atoms with Crippen LogP contribution in [0.15, 0.2) is 46.9 Å². The van der Waals surface area contributed by atoms with E-state index in [1.807, 2.05) is 24.3 Å². The number of thiocarbonyl (C=S) groups is 1. The molecule has 0 radical (unpaired) electrons. The fourth-order valence-corrected chi connectivity index (χ4v) is 2.14. The van der Waals surface area contributed by atoms with E-state index in [0.717, 1.165) is 10.2 Å². The highest BCUT2D eigenvalue weighted by atomic mass is 79.9. The van der Waals surface area contributed by atoms with E-state index in [1.165, 1.54) is 6.07 Å². The van der Waals surface area contributed by atoms with Crippen LogP contribution in [0.5, 0.6) is 5.75 Å². The van der Waals surface area contributed by atoms with Gasteiger partial charge in [-0.05, 0) is 42.5 Å². The minimum atomic E-state index is 0.106. The summed E-state index contributed by atoms with van der Waals surface area (Å²) in [5.41, 5.74) is 1.36. The number of aromatic hydroxyl groups is 1. The van der Waals surface area contributed by atoms with Gasteiger partial charge in [-0.1, -0.05) is 39.7 Å². The Morgan fingerprint density at radius 2 is 1.83 bits per heavy atom. The first kappa shape index (κ1) is 13.3. The third-order valence-corrected chi connectivity index (χ3v) is 3.39. The van der Waals surface area contributed by atoms with E-state index in [4.69, 9.17) is 23.8 Å². The van der Waals surface area contributed by atoms with Gasteiger partial charge < -0.3 is 10.4 Å². The molecule has 2 aromatic carbocycles. The highest BCUT2D eigenvalue weighted by molar-refractivity contribution is 9.10. The molecule has 0 aliphatic rings. The second kappa shape index (κ2) is 5.69. The van der Waals surface area contributed by atoms with Gasteiger partial charge in [-0.3, -0.25) is 0 Å². The van der Waals surface area contributed by atoms with Gasteiger partial charge in [0.1, 0.15) is 10.7 Å². The van der Waals surface area contributed by atoms with Crippen molar-refractivity contribution < 1.29 is 5.11 Å². The Balaban J connectivity index is 2.21. The van der Waals surface area contributed by atoms with Crippen LogP contribution in [0, 0.1) is 0 Å². The molecule has 0 amide bonds. The highest BCUT2D eigenvalue weighted by Gasteiger charge is 2.08. The maximum absolute atomic E-state index is 9.73. The van der Waals surface area contributed by atoms with Crippen LogP contribution in [-0.2, 0) is 0 Å². The standard InChI is InChI=1S/C13H9BrClNOS/c14-8-1-4-10(5-2-8)16-13(18)11-7-9(15)3-6-12(11)17/h1-7,17H,(H,16,18). The molecular weight excluding hydrogens is 334 g/mol. The van der Waals surface area contributed by atoms with Crippen molar-refractivity contribution in [2.45, 2.75) is 0 Å². The summed E-state index contributed by atoms with van der Waals surface area (Å²) in [7, 11) is 0. The number of rotatable bonds is 2. The van der Waals surface area contributed by atoms with Crippen molar-refractivity contribution in [3.63, 3.8) is 0 Å². The lowest BCUT2D eigenvalue weighted by molar-refractivity contribution is 0.474. The maximum Gasteiger partial charge on any atom is 0.125 e. The lowest BCUT2D eigenvalue weighted by Crippen LogP contribution is -2.10. The molecule has 2 nitrogen and oxygen atoms in total. The number of hydrogen-bond donors (Lipinski definition) is 2.